The molecule has 1 aliphatic heterocycles. The summed E-state index contributed by atoms with van der Waals surface area (Å²) in [4.78, 5) is 26.5. The fraction of sp³-hybridized carbons (Fsp3) is 0.611. The molecule has 0 spiro atoms. The summed E-state index contributed by atoms with van der Waals surface area (Å²) in [5, 5.41) is 15.2. The number of nitrogens with one attached hydrogen (secondary N) is 1. The number of carbonyl (C=O) groups is 2. The highest BCUT2D eigenvalue weighted by molar-refractivity contribution is 5.80. The topological polar surface area (TPSA) is 111 Å². The third kappa shape index (κ3) is 4.68. The van der Waals surface area contributed by atoms with E-state index in [1.165, 1.54) is 11.6 Å². The number of aromatic nitrogens is 4. The van der Waals surface area contributed by atoms with Crippen LogP contribution < -0.4 is 10.1 Å². The number of carbonyl (C=O) groups excluding carboxylic acids is 2. The zero-order valence-corrected chi connectivity index (χ0v) is 16.6. The van der Waals surface area contributed by atoms with Crippen LogP contribution in [0.4, 0.5) is 4.79 Å². The van der Waals surface area contributed by atoms with Gasteiger partial charge in [0, 0.05) is 19.2 Å². The molecule has 1 unspecified atom stereocenters. The van der Waals surface area contributed by atoms with Gasteiger partial charge in [0.25, 0.3) is 0 Å². The molecule has 2 aromatic rings. The molecule has 0 bridgehead atoms. The Morgan fingerprint density at radius 2 is 2.07 bits per heavy atom. The van der Waals surface area contributed by atoms with Crippen LogP contribution in [0.25, 0.3) is 5.65 Å². The summed E-state index contributed by atoms with van der Waals surface area (Å²) in [6.07, 6.45) is 1.09. The van der Waals surface area contributed by atoms with Crippen molar-refractivity contribution in [3.8, 4) is 5.88 Å². The molecule has 10 nitrogen and oxygen atoms in total. The van der Waals surface area contributed by atoms with Crippen LogP contribution in [0.3, 0.4) is 0 Å². The van der Waals surface area contributed by atoms with Crippen molar-refractivity contribution in [2.75, 3.05) is 20.2 Å². The number of fused-ring (bicyclic) bond motifs is 1. The molecule has 1 saturated heterocycles. The van der Waals surface area contributed by atoms with Gasteiger partial charge in [0.2, 0.25) is 11.8 Å². The summed E-state index contributed by atoms with van der Waals surface area (Å²) in [5.41, 5.74) is 0.00791. The Kier molecular flexibility index (Phi) is 5.66. The number of likely N-dealkylation sites (tertiary alicyclic amines) is 1. The third-order valence-electron chi connectivity index (χ3n) is 4.38. The van der Waals surface area contributed by atoms with Gasteiger partial charge in [-0.05, 0) is 39.7 Å². The van der Waals surface area contributed by atoms with Crippen molar-refractivity contribution >= 4 is 17.6 Å². The first-order chi connectivity index (χ1) is 13.3. The Bertz CT molecular complexity index is 859. The molecule has 1 aliphatic rings. The second-order valence-electron chi connectivity index (χ2n) is 7.75. The quantitative estimate of drug-likeness (QED) is 0.840. The number of rotatable bonds is 4. The van der Waals surface area contributed by atoms with E-state index in [4.69, 9.17) is 9.47 Å². The van der Waals surface area contributed by atoms with Crippen LogP contribution >= 0.6 is 0 Å². The molecule has 0 aromatic carbocycles. The number of methoxy groups -OCH3 is 1. The van der Waals surface area contributed by atoms with E-state index in [1.807, 2.05) is 20.8 Å². The van der Waals surface area contributed by atoms with E-state index in [0.29, 0.717) is 30.4 Å². The molecule has 1 N–H and O–H groups in total. The summed E-state index contributed by atoms with van der Waals surface area (Å²) >= 11 is 0. The molecule has 0 radical (unpaired) electrons. The molecular weight excluding hydrogens is 364 g/mol. The Labute approximate surface area is 163 Å². The van der Waals surface area contributed by atoms with Crippen molar-refractivity contribution in [2.45, 2.75) is 45.8 Å². The molecule has 10 heteroatoms. The summed E-state index contributed by atoms with van der Waals surface area (Å²) in [5.74, 6) is 0.512. The molecule has 3 rings (SSSR count). The van der Waals surface area contributed by atoms with E-state index in [9.17, 15) is 9.59 Å². The highest BCUT2D eigenvalue weighted by Crippen LogP contribution is 2.19. The number of amides is 2. The van der Waals surface area contributed by atoms with Gasteiger partial charge in [-0.15, -0.1) is 15.3 Å². The van der Waals surface area contributed by atoms with Gasteiger partial charge < -0.3 is 19.7 Å². The Balaban J connectivity index is 1.59. The average Bonchev–Trinajstić information content (AvgIpc) is 3.07. The van der Waals surface area contributed by atoms with Crippen LogP contribution in [-0.2, 0) is 16.1 Å². The molecule has 3 heterocycles. The SMILES string of the molecule is COc1ccc2nnc(CNC(=O)C3CCCN(C(=O)OC(C)(C)C)C3)n2n1. The van der Waals surface area contributed by atoms with E-state index >= 15 is 0 Å². The van der Waals surface area contributed by atoms with E-state index in [1.54, 1.807) is 17.0 Å². The minimum absolute atomic E-state index is 0.132. The predicted octanol–water partition coefficient (Wildman–Crippen LogP) is 1.40. The van der Waals surface area contributed by atoms with Gasteiger partial charge in [0.05, 0.1) is 19.6 Å². The molecule has 0 saturated carbocycles. The molecule has 152 valence electrons. The maximum atomic E-state index is 12.6. The lowest BCUT2D eigenvalue weighted by Gasteiger charge is -2.33. The van der Waals surface area contributed by atoms with Crippen LogP contribution in [0.15, 0.2) is 12.1 Å². The number of hydrogen-bond donors (Lipinski definition) is 1. The Hall–Kier alpha value is -2.91. The molecule has 2 amide bonds. The van der Waals surface area contributed by atoms with Crippen molar-refractivity contribution in [1.29, 1.82) is 0 Å². The van der Waals surface area contributed by atoms with Gasteiger partial charge in [0.1, 0.15) is 5.60 Å². The maximum absolute atomic E-state index is 12.6. The van der Waals surface area contributed by atoms with Gasteiger partial charge in [-0.1, -0.05) is 0 Å². The highest BCUT2D eigenvalue weighted by Gasteiger charge is 2.31. The minimum Gasteiger partial charge on any atom is -0.480 e. The lowest BCUT2D eigenvalue weighted by atomic mass is 9.97. The fourth-order valence-electron chi connectivity index (χ4n) is 3.03. The Morgan fingerprint density at radius 3 is 2.79 bits per heavy atom. The molecular formula is C18H26N6O4. The van der Waals surface area contributed by atoms with Crippen LogP contribution in [0.1, 0.15) is 39.4 Å². The van der Waals surface area contributed by atoms with Gasteiger partial charge in [-0.25, -0.2) is 4.79 Å². The normalized spacial score (nSPS) is 17.4. The third-order valence-corrected chi connectivity index (χ3v) is 4.38. The largest absolute Gasteiger partial charge is 0.480 e. The van der Waals surface area contributed by atoms with Crippen molar-refractivity contribution in [1.82, 2.24) is 30.0 Å². The Morgan fingerprint density at radius 1 is 1.29 bits per heavy atom. The van der Waals surface area contributed by atoms with Crippen LogP contribution in [-0.4, -0.2) is 62.5 Å². The minimum atomic E-state index is -0.560. The molecule has 1 atom stereocenters. The second kappa shape index (κ2) is 7.99. The number of hydrogen-bond acceptors (Lipinski definition) is 7. The van der Waals surface area contributed by atoms with Gasteiger partial charge in [-0.3, -0.25) is 4.79 Å². The zero-order valence-electron chi connectivity index (χ0n) is 16.6. The number of nitrogens with zero attached hydrogens (tertiary/aromatic N) is 5. The standard InChI is InChI=1S/C18H26N6O4/c1-18(2,3)28-17(26)23-9-5-6-12(11-23)16(25)19-10-14-21-20-13-7-8-15(27-4)22-24(13)14/h7-8,12H,5-6,9-11H2,1-4H3,(H,19,25). The highest BCUT2D eigenvalue weighted by atomic mass is 16.6. The summed E-state index contributed by atoms with van der Waals surface area (Å²) in [6.45, 7) is 6.59. The fourth-order valence-corrected chi connectivity index (χ4v) is 3.03. The number of piperidine rings is 1. The van der Waals surface area contributed by atoms with Crippen LogP contribution in [0, 0.1) is 5.92 Å². The average molecular weight is 390 g/mol. The van der Waals surface area contributed by atoms with Crippen molar-refractivity contribution < 1.29 is 19.1 Å². The first-order valence-corrected chi connectivity index (χ1v) is 9.28. The van der Waals surface area contributed by atoms with E-state index in [0.717, 1.165) is 12.8 Å². The van der Waals surface area contributed by atoms with Crippen molar-refractivity contribution in [2.24, 2.45) is 5.92 Å². The zero-order chi connectivity index (χ0) is 20.3. The molecule has 2 aromatic heterocycles. The predicted molar refractivity (Wildman–Crippen MR) is 99.7 cm³/mol. The summed E-state index contributed by atoms with van der Waals surface area (Å²) in [6, 6.07) is 3.43. The van der Waals surface area contributed by atoms with Crippen molar-refractivity contribution in [3.05, 3.63) is 18.0 Å². The van der Waals surface area contributed by atoms with E-state index < -0.39 is 5.60 Å². The van der Waals surface area contributed by atoms with Gasteiger partial charge in [-0.2, -0.15) is 4.52 Å². The first-order valence-electron chi connectivity index (χ1n) is 9.28. The van der Waals surface area contributed by atoms with Crippen molar-refractivity contribution in [3.63, 3.8) is 0 Å². The van der Waals surface area contributed by atoms with Gasteiger partial charge >= 0.3 is 6.09 Å². The lowest BCUT2D eigenvalue weighted by Crippen LogP contribution is -2.47. The van der Waals surface area contributed by atoms with Gasteiger partial charge in [0.15, 0.2) is 11.5 Å². The van der Waals surface area contributed by atoms with Crippen LogP contribution in [0.5, 0.6) is 5.88 Å². The molecule has 28 heavy (non-hydrogen) atoms. The van der Waals surface area contributed by atoms with Crippen LogP contribution in [0.2, 0.25) is 0 Å². The molecule has 0 aliphatic carbocycles. The molecule has 1 fully saturated rings. The smallest absolute Gasteiger partial charge is 0.410 e. The summed E-state index contributed by atoms with van der Waals surface area (Å²) < 4.78 is 12.1. The monoisotopic (exact) mass is 390 g/mol. The summed E-state index contributed by atoms with van der Waals surface area (Å²) in [7, 11) is 1.53. The second-order valence-corrected chi connectivity index (χ2v) is 7.75. The van der Waals surface area contributed by atoms with E-state index in [-0.39, 0.29) is 24.5 Å². The lowest BCUT2D eigenvalue weighted by molar-refractivity contribution is -0.126. The van der Waals surface area contributed by atoms with E-state index in [2.05, 4.69) is 20.6 Å². The number of ether oxygens (including phenoxy) is 2. The maximum Gasteiger partial charge on any atom is 0.410 e. The first kappa shape index (κ1) is 19.8.